The van der Waals surface area contributed by atoms with E-state index < -0.39 is 12.0 Å². The Morgan fingerprint density at radius 2 is 2.15 bits per heavy atom. The highest BCUT2D eigenvalue weighted by atomic mass is 32.2. The van der Waals surface area contributed by atoms with Crippen molar-refractivity contribution in [3.63, 3.8) is 0 Å². The summed E-state index contributed by atoms with van der Waals surface area (Å²) in [5.41, 5.74) is 1.74. The Morgan fingerprint density at radius 3 is 2.65 bits per heavy atom. The molecule has 0 spiro atoms. The van der Waals surface area contributed by atoms with Crippen LogP contribution in [0.15, 0.2) is 4.52 Å². The fourth-order valence-corrected chi connectivity index (χ4v) is 2.56. The van der Waals surface area contributed by atoms with E-state index in [1.165, 1.54) is 11.8 Å². The molecule has 0 saturated heterocycles. The van der Waals surface area contributed by atoms with Crippen molar-refractivity contribution >= 4 is 23.6 Å². The van der Waals surface area contributed by atoms with Crippen LogP contribution in [0.5, 0.6) is 0 Å². The van der Waals surface area contributed by atoms with Gasteiger partial charge in [0.05, 0.1) is 11.4 Å². The zero-order chi connectivity index (χ0) is 15.1. The number of thioether (sulfide) groups is 1. The highest BCUT2D eigenvalue weighted by Crippen LogP contribution is 2.19. The van der Waals surface area contributed by atoms with Crippen molar-refractivity contribution in [2.75, 3.05) is 12.4 Å². The number of nitrogens with one attached hydrogen (secondary N) is 1. The van der Waals surface area contributed by atoms with Crippen LogP contribution in [0.1, 0.15) is 23.4 Å². The summed E-state index contributed by atoms with van der Waals surface area (Å²) in [5.74, 6) is -0.0872. The number of hydrogen-bond acceptors (Lipinski definition) is 6. The molecule has 0 saturated carbocycles. The van der Waals surface area contributed by atoms with Gasteiger partial charge in [-0.25, -0.2) is 4.79 Å². The van der Waals surface area contributed by atoms with Crippen LogP contribution < -0.4 is 5.32 Å². The van der Waals surface area contributed by atoms with Gasteiger partial charge >= 0.3 is 5.97 Å². The van der Waals surface area contributed by atoms with Crippen molar-refractivity contribution in [1.29, 1.82) is 0 Å². The van der Waals surface area contributed by atoms with Gasteiger partial charge in [0, 0.05) is 24.3 Å². The topological polar surface area (TPSA) is 113 Å². The molecule has 7 nitrogen and oxygen atoms in total. The number of rotatable bonds is 8. The Bertz CT molecular complexity index is 455. The number of aliphatic hydroxyl groups excluding tert-OH is 1. The van der Waals surface area contributed by atoms with Gasteiger partial charge in [0.25, 0.3) is 0 Å². The van der Waals surface area contributed by atoms with Crippen LogP contribution in [0.25, 0.3) is 0 Å². The van der Waals surface area contributed by atoms with Crippen molar-refractivity contribution in [3.05, 3.63) is 17.0 Å². The summed E-state index contributed by atoms with van der Waals surface area (Å²) in [5, 5.41) is 23.8. The van der Waals surface area contributed by atoms with Gasteiger partial charge in [-0.1, -0.05) is 5.16 Å². The predicted octanol–water partition coefficient (Wildman–Crippen LogP) is 0.476. The number of aliphatic hydroxyl groups is 1. The fourth-order valence-electron chi connectivity index (χ4n) is 1.58. The van der Waals surface area contributed by atoms with E-state index in [4.69, 9.17) is 14.7 Å². The molecule has 1 aromatic heterocycles. The zero-order valence-corrected chi connectivity index (χ0v) is 12.2. The Hall–Kier alpha value is -1.54. The molecule has 0 radical (unpaired) electrons. The molecule has 1 aromatic rings. The van der Waals surface area contributed by atoms with Crippen LogP contribution in [0.3, 0.4) is 0 Å². The first kappa shape index (κ1) is 16.5. The third-order valence-corrected chi connectivity index (χ3v) is 3.67. The van der Waals surface area contributed by atoms with Gasteiger partial charge in [-0.05, 0) is 13.8 Å². The van der Waals surface area contributed by atoms with Crippen molar-refractivity contribution < 1.29 is 24.3 Å². The van der Waals surface area contributed by atoms with Gasteiger partial charge in [0.1, 0.15) is 11.8 Å². The molecule has 1 amide bonds. The van der Waals surface area contributed by atoms with Crippen LogP contribution in [0.2, 0.25) is 0 Å². The second kappa shape index (κ2) is 7.91. The van der Waals surface area contributed by atoms with E-state index in [2.05, 4.69) is 10.5 Å². The van der Waals surface area contributed by atoms with Crippen LogP contribution in [-0.2, 0) is 15.3 Å². The molecule has 1 heterocycles. The van der Waals surface area contributed by atoms with Crippen LogP contribution >= 0.6 is 11.8 Å². The molecule has 3 N–H and O–H groups in total. The average molecular weight is 302 g/mol. The Labute approximate surface area is 120 Å². The number of hydrogen-bond donors (Lipinski definition) is 3. The number of carboxylic acids is 1. The minimum Gasteiger partial charge on any atom is -0.480 e. The highest BCUT2D eigenvalue weighted by Gasteiger charge is 2.19. The van der Waals surface area contributed by atoms with E-state index >= 15 is 0 Å². The number of amides is 1. The SMILES string of the molecule is Cc1noc(C)c1CSCC(=O)N[C@@H](CCO)C(=O)O. The molecule has 0 aliphatic carbocycles. The van der Waals surface area contributed by atoms with Crippen molar-refractivity contribution in [3.8, 4) is 0 Å². The molecule has 0 unspecified atom stereocenters. The van der Waals surface area contributed by atoms with Crippen LogP contribution in [0, 0.1) is 13.8 Å². The zero-order valence-electron chi connectivity index (χ0n) is 11.4. The molecule has 112 valence electrons. The Morgan fingerprint density at radius 1 is 1.45 bits per heavy atom. The lowest BCUT2D eigenvalue weighted by molar-refractivity contribution is -0.141. The molecular weight excluding hydrogens is 284 g/mol. The van der Waals surface area contributed by atoms with Crippen LogP contribution in [-0.4, -0.2) is 45.6 Å². The second-order valence-corrected chi connectivity index (χ2v) is 5.25. The molecule has 1 atom stereocenters. The Balaban J connectivity index is 2.38. The molecule has 0 aromatic carbocycles. The molecule has 0 aliphatic rings. The second-order valence-electron chi connectivity index (χ2n) is 4.27. The minimum atomic E-state index is -1.15. The third kappa shape index (κ3) is 4.86. The van der Waals surface area contributed by atoms with Crippen LogP contribution in [0.4, 0.5) is 0 Å². The van der Waals surface area contributed by atoms with E-state index in [0.717, 1.165) is 17.0 Å². The molecule has 20 heavy (non-hydrogen) atoms. The van der Waals surface area contributed by atoms with E-state index in [-0.39, 0.29) is 24.7 Å². The molecule has 0 bridgehead atoms. The number of aryl methyl sites for hydroxylation is 2. The lowest BCUT2D eigenvalue weighted by Gasteiger charge is -2.12. The van der Waals surface area contributed by atoms with Crippen molar-refractivity contribution in [2.45, 2.75) is 32.1 Å². The minimum absolute atomic E-state index is 0.00436. The maximum absolute atomic E-state index is 11.6. The Kier molecular flexibility index (Phi) is 6.53. The molecular formula is C12H18N2O5S. The number of nitrogens with zero attached hydrogens (tertiary/aromatic N) is 1. The van der Waals surface area contributed by atoms with Gasteiger partial charge < -0.3 is 20.1 Å². The summed E-state index contributed by atoms with van der Waals surface area (Å²) < 4.78 is 5.01. The maximum Gasteiger partial charge on any atom is 0.326 e. The maximum atomic E-state index is 11.6. The summed E-state index contributed by atoms with van der Waals surface area (Å²) in [6.45, 7) is 3.34. The molecule has 8 heteroatoms. The first-order valence-corrected chi connectivity index (χ1v) is 7.23. The smallest absolute Gasteiger partial charge is 0.326 e. The lowest BCUT2D eigenvalue weighted by Crippen LogP contribution is -2.42. The van der Waals surface area contributed by atoms with E-state index in [9.17, 15) is 9.59 Å². The van der Waals surface area contributed by atoms with E-state index in [0.29, 0.717) is 5.75 Å². The van der Waals surface area contributed by atoms with Gasteiger partial charge in [-0.15, -0.1) is 11.8 Å². The van der Waals surface area contributed by atoms with E-state index in [1.54, 1.807) is 6.92 Å². The first-order chi connectivity index (χ1) is 9.45. The number of aromatic nitrogens is 1. The number of carbonyl (C=O) groups is 2. The summed E-state index contributed by atoms with van der Waals surface area (Å²) in [6.07, 6.45) is -0.00436. The summed E-state index contributed by atoms with van der Waals surface area (Å²) in [6, 6.07) is -1.05. The highest BCUT2D eigenvalue weighted by molar-refractivity contribution is 7.99. The van der Waals surface area contributed by atoms with Crippen molar-refractivity contribution in [1.82, 2.24) is 10.5 Å². The monoisotopic (exact) mass is 302 g/mol. The van der Waals surface area contributed by atoms with Gasteiger partial charge in [0.2, 0.25) is 5.91 Å². The quantitative estimate of drug-likeness (QED) is 0.640. The third-order valence-electron chi connectivity index (χ3n) is 2.71. The fraction of sp³-hybridized carbons (Fsp3) is 0.583. The predicted molar refractivity (Wildman–Crippen MR) is 73.4 cm³/mol. The normalized spacial score (nSPS) is 12.2. The summed E-state index contributed by atoms with van der Waals surface area (Å²) in [7, 11) is 0. The molecule has 1 rings (SSSR count). The van der Waals surface area contributed by atoms with Gasteiger partial charge in [0.15, 0.2) is 0 Å². The van der Waals surface area contributed by atoms with Gasteiger partial charge in [-0.2, -0.15) is 0 Å². The molecule has 0 fully saturated rings. The first-order valence-electron chi connectivity index (χ1n) is 6.08. The largest absolute Gasteiger partial charge is 0.480 e. The standard InChI is InChI=1S/C12H18N2O5S/c1-7-9(8(2)19-14-7)5-20-6-11(16)13-10(3-4-15)12(17)18/h10,15H,3-6H2,1-2H3,(H,13,16)(H,17,18)/t10-/m0/s1. The number of carboxylic acid groups (broad SMARTS) is 1. The number of carbonyl (C=O) groups excluding carboxylic acids is 1. The lowest BCUT2D eigenvalue weighted by atomic mass is 10.2. The summed E-state index contributed by atoms with van der Waals surface area (Å²) >= 11 is 1.35. The summed E-state index contributed by atoms with van der Waals surface area (Å²) in [4.78, 5) is 22.4. The van der Waals surface area contributed by atoms with E-state index in [1.807, 2.05) is 6.92 Å². The van der Waals surface area contributed by atoms with Gasteiger partial charge in [-0.3, -0.25) is 4.79 Å². The molecule has 0 aliphatic heterocycles. The van der Waals surface area contributed by atoms with Crippen molar-refractivity contribution in [2.24, 2.45) is 0 Å². The number of aliphatic carboxylic acids is 1. The average Bonchev–Trinajstić information content (AvgIpc) is 2.69.